The van der Waals surface area contributed by atoms with Gasteiger partial charge in [-0.25, -0.2) is 0 Å². The van der Waals surface area contributed by atoms with Crippen molar-refractivity contribution in [2.75, 3.05) is 6.54 Å². The Balaban J connectivity index is 2.49. The average Bonchev–Trinajstić information content (AvgIpc) is 2.42. The molecule has 1 heterocycles. The van der Waals surface area contributed by atoms with Gasteiger partial charge in [-0.15, -0.1) is 0 Å². The third-order valence-electron chi connectivity index (χ3n) is 2.32. The van der Waals surface area contributed by atoms with Crippen molar-refractivity contribution < 1.29 is 0 Å². The number of rotatable bonds is 3. The monoisotopic (exact) mass is 207 g/mol. The summed E-state index contributed by atoms with van der Waals surface area (Å²) >= 11 is 0. The van der Waals surface area contributed by atoms with Crippen LogP contribution in [0.1, 0.15) is 32.0 Å². The highest BCUT2D eigenvalue weighted by Crippen LogP contribution is 2.07. The van der Waals surface area contributed by atoms with E-state index in [2.05, 4.69) is 50.3 Å². The van der Waals surface area contributed by atoms with E-state index in [-0.39, 0.29) is 5.54 Å². The molecule has 1 rings (SSSR count). The predicted octanol–water partition coefficient (Wildman–Crippen LogP) is 2.13. The summed E-state index contributed by atoms with van der Waals surface area (Å²) in [6.45, 7) is 9.45. The largest absolute Gasteiger partial charge is 0.309 e. The van der Waals surface area contributed by atoms with Crippen molar-refractivity contribution in [1.82, 2.24) is 15.1 Å². The van der Waals surface area contributed by atoms with Gasteiger partial charge in [-0.3, -0.25) is 4.68 Å². The highest BCUT2D eigenvalue weighted by Gasteiger charge is 2.06. The van der Waals surface area contributed by atoms with Crippen LogP contribution >= 0.6 is 0 Å². The number of hydrogen-bond donors (Lipinski definition) is 1. The molecular weight excluding hydrogens is 186 g/mol. The molecule has 1 aromatic heterocycles. The van der Waals surface area contributed by atoms with Crippen LogP contribution in [-0.2, 0) is 7.05 Å². The van der Waals surface area contributed by atoms with Crippen LogP contribution in [0.5, 0.6) is 0 Å². The lowest BCUT2D eigenvalue weighted by Crippen LogP contribution is -2.35. The van der Waals surface area contributed by atoms with E-state index in [9.17, 15) is 0 Å². The average molecular weight is 207 g/mol. The van der Waals surface area contributed by atoms with Gasteiger partial charge in [0, 0.05) is 30.4 Å². The fraction of sp³-hybridized carbons (Fsp3) is 0.583. The molecule has 0 saturated heterocycles. The first-order valence-electron chi connectivity index (χ1n) is 5.30. The minimum absolute atomic E-state index is 0.175. The summed E-state index contributed by atoms with van der Waals surface area (Å²) in [7, 11) is 1.96. The van der Waals surface area contributed by atoms with Crippen molar-refractivity contribution in [3.63, 3.8) is 0 Å². The van der Waals surface area contributed by atoms with Gasteiger partial charge in [0.2, 0.25) is 0 Å². The lowest BCUT2D eigenvalue weighted by Gasteiger charge is -2.18. The molecule has 0 spiro atoms. The second-order valence-electron chi connectivity index (χ2n) is 4.84. The van der Waals surface area contributed by atoms with Gasteiger partial charge in [-0.1, -0.05) is 12.2 Å². The molecule has 0 saturated carbocycles. The summed E-state index contributed by atoms with van der Waals surface area (Å²) in [6, 6.07) is 0. The molecule has 0 amide bonds. The first kappa shape index (κ1) is 12.0. The van der Waals surface area contributed by atoms with Gasteiger partial charge < -0.3 is 5.32 Å². The molecule has 0 aromatic carbocycles. The van der Waals surface area contributed by atoms with Crippen molar-refractivity contribution in [3.05, 3.63) is 23.5 Å². The van der Waals surface area contributed by atoms with Crippen molar-refractivity contribution in [2.24, 2.45) is 7.05 Å². The maximum absolute atomic E-state index is 4.19. The van der Waals surface area contributed by atoms with Crippen LogP contribution in [0.25, 0.3) is 6.08 Å². The van der Waals surface area contributed by atoms with Crippen molar-refractivity contribution in [2.45, 2.75) is 33.2 Å². The number of nitrogens with one attached hydrogen (secondary N) is 1. The van der Waals surface area contributed by atoms with Crippen LogP contribution in [-0.4, -0.2) is 21.9 Å². The molecule has 0 unspecified atom stereocenters. The molecule has 3 heteroatoms. The zero-order chi connectivity index (χ0) is 11.5. The molecule has 15 heavy (non-hydrogen) atoms. The maximum atomic E-state index is 4.19. The van der Waals surface area contributed by atoms with E-state index in [1.807, 2.05) is 17.9 Å². The number of aromatic nitrogens is 2. The molecule has 3 nitrogen and oxygen atoms in total. The Morgan fingerprint density at radius 1 is 1.47 bits per heavy atom. The first-order valence-corrected chi connectivity index (χ1v) is 5.30. The molecular formula is C12H21N3. The quantitative estimate of drug-likeness (QED) is 0.823. The highest BCUT2D eigenvalue weighted by atomic mass is 15.3. The van der Waals surface area contributed by atoms with E-state index in [1.165, 1.54) is 11.3 Å². The Bertz CT molecular complexity index is 342. The van der Waals surface area contributed by atoms with E-state index in [1.54, 1.807) is 0 Å². The van der Waals surface area contributed by atoms with Crippen LogP contribution in [0.4, 0.5) is 0 Å². The molecule has 0 aliphatic heterocycles. The van der Waals surface area contributed by atoms with Crippen molar-refractivity contribution in [3.8, 4) is 0 Å². The van der Waals surface area contributed by atoms with E-state index >= 15 is 0 Å². The lowest BCUT2D eigenvalue weighted by molar-refractivity contribution is 0.450. The Hall–Kier alpha value is -1.09. The smallest absolute Gasteiger partial charge is 0.0564 e. The van der Waals surface area contributed by atoms with E-state index in [0.29, 0.717) is 0 Å². The zero-order valence-corrected chi connectivity index (χ0v) is 10.3. The third kappa shape index (κ3) is 3.88. The Morgan fingerprint density at radius 3 is 2.60 bits per heavy atom. The Kier molecular flexibility index (Phi) is 3.69. The molecule has 0 radical (unpaired) electrons. The van der Waals surface area contributed by atoms with Gasteiger partial charge in [0.15, 0.2) is 0 Å². The van der Waals surface area contributed by atoms with E-state index in [0.717, 1.165) is 6.54 Å². The summed E-state index contributed by atoms with van der Waals surface area (Å²) < 4.78 is 1.89. The minimum atomic E-state index is 0.175. The summed E-state index contributed by atoms with van der Waals surface area (Å²) in [4.78, 5) is 0. The van der Waals surface area contributed by atoms with E-state index in [4.69, 9.17) is 0 Å². The molecule has 0 atom stereocenters. The fourth-order valence-electron chi connectivity index (χ4n) is 1.23. The predicted molar refractivity (Wildman–Crippen MR) is 64.7 cm³/mol. The number of nitrogens with zero attached hydrogens (tertiary/aromatic N) is 2. The fourth-order valence-corrected chi connectivity index (χ4v) is 1.23. The molecule has 0 bridgehead atoms. The van der Waals surface area contributed by atoms with Crippen LogP contribution in [0, 0.1) is 6.92 Å². The minimum Gasteiger partial charge on any atom is -0.309 e. The SMILES string of the molecule is Cc1c(C=CCNC(C)(C)C)cnn1C. The Morgan fingerprint density at radius 2 is 2.13 bits per heavy atom. The van der Waals surface area contributed by atoms with Gasteiger partial charge in [-0.2, -0.15) is 5.10 Å². The second-order valence-corrected chi connectivity index (χ2v) is 4.84. The van der Waals surface area contributed by atoms with Gasteiger partial charge in [0.05, 0.1) is 6.20 Å². The summed E-state index contributed by atoms with van der Waals surface area (Å²) in [6.07, 6.45) is 6.14. The molecule has 84 valence electrons. The molecule has 1 aromatic rings. The third-order valence-corrected chi connectivity index (χ3v) is 2.32. The van der Waals surface area contributed by atoms with Crippen LogP contribution in [0.3, 0.4) is 0 Å². The van der Waals surface area contributed by atoms with Crippen molar-refractivity contribution in [1.29, 1.82) is 0 Å². The summed E-state index contributed by atoms with van der Waals surface area (Å²) in [5, 5.41) is 7.59. The highest BCUT2D eigenvalue weighted by molar-refractivity contribution is 5.50. The van der Waals surface area contributed by atoms with Crippen LogP contribution in [0.15, 0.2) is 12.3 Å². The van der Waals surface area contributed by atoms with Gasteiger partial charge in [0.25, 0.3) is 0 Å². The van der Waals surface area contributed by atoms with Gasteiger partial charge in [-0.05, 0) is 27.7 Å². The lowest BCUT2D eigenvalue weighted by atomic mass is 10.1. The summed E-state index contributed by atoms with van der Waals surface area (Å²) in [5.74, 6) is 0. The number of hydrogen-bond acceptors (Lipinski definition) is 2. The first-order chi connectivity index (χ1) is 6.90. The Labute approximate surface area is 92.2 Å². The summed E-state index contributed by atoms with van der Waals surface area (Å²) in [5.41, 5.74) is 2.56. The standard InChI is InChI=1S/C12H21N3/c1-10-11(9-14-15(10)5)7-6-8-13-12(2,3)4/h6-7,9,13H,8H2,1-5H3. The topological polar surface area (TPSA) is 29.9 Å². The molecule has 0 aliphatic carbocycles. The molecule has 0 fully saturated rings. The van der Waals surface area contributed by atoms with Crippen molar-refractivity contribution >= 4 is 6.08 Å². The van der Waals surface area contributed by atoms with Gasteiger partial charge >= 0.3 is 0 Å². The van der Waals surface area contributed by atoms with Crippen LogP contribution in [0.2, 0.25) is 0 Å². The van der Waals surface area contributed by atoms with Gasteiger partial charge in [0.1, 0.15) is 0 Å². The molecule has 0 aliphatic rings. The number of aryl methyl sites for hydroxylation is 1. The van der Waals surface area contributed by atoms with Crippen LogP contribution < -0.4 is 5.32 Å². The normalized spacial score (nSPS) is 12.6. The van der Waals surface area contributed by atoms with E-state index < -0.39 is 0 Å². The zero-order valence-electron chi connectivity index (χ0n) is 10.3. The second kappa shape index (κ2) is 4.62. The molecule has 1 N–H and O–H groups in total. The maximum Gasteiger partial charge on any atom is 0.0564 e.